The molecule has 1 aromatic carbocycles. The van der Waals surface area contributed by atoms with Crippen LogP contribution in [0.25, 0.3) is 0 Å². The summed E-state index contributed by atoms with van der Waals surface area (Å²) in [5, 5.41) is 9.53. The Bertz CT molecular complexity index is 1030. The summed E-state index contributed by atoms with van der Waals surface area (Å²) in [4.78, 5) is 57.2. The largest absolute Gasteiger partial charge is 0.369 e. The van der Waals surface area contributed by atoms with Crippen LogP contribution in [0.2, 0.25) is 0 Å². The van der Waals surface area contributed by atoms with E-state index in [0.717, 1.165) is 51.3 Å². The zero-order valence-electron chi connectivity index (χ0n) is 22.3. The maximum Gasteiger partial charge on any atom is 0.251 e. The standard InChI is InChI=1S/C28H40N6O4/c1-19(8-11-31-27(37)20-4-6-21(7-5-20)32-15-12-29-13-16-32)17-25(36)33-14-9-23-26(33)24(35)18-34(23)28(38)22-3-2-10-30-22/h4-7,19,22-23,26,29-30H,2-3,8-18H2,1H3,(H,31,37). The quantitative estimate of drug-likeness (QED) is 0.450. The van der Waals surface area contributed by atoms with E-state index in [9.17, 15) is 19.2 Å². The molecule has 0 saturated carbocycles. The molecule has 0 bridgehead atoms. The molecule has 0 spiro atoms. The van der Waals surface area contributed by atoms with Gasteiger partial charge in [0.2, 0.25) is 11.8 Å². The molecule has 3 amide bonds. The molecule has 4 atom stereocenters. The van der Waals surface area contributed by atoms with Gasteiger partial charge < -0.3 is 30.7 Å². The molecule has 4 saturated heterocycles. The van der Waals surface area contributed by atoms with Crippen LogP contribution >= 0.6 is 0 Å². The fraction of sp³-hybridized carbons (Fsp3) is 0.643. The van der Waals surface area contributed by atoms with Crippen molar-refractivity contribution in [3.8, 4) is 0 Å². The summed E-state index contributed by atoms with van der Waals surface area (Å²) in [5.41, 5.74) is 1.75. The van der Waals surface area contributed by atoms with Gasteiger partial charge in [-0.3, -0.25) is 19.2 Å². The van der Waals surface area contributed by atoms with E-state index in [1.165, 1.54) is 0 Å². The molecule has 0 aromatic heterocycles. The van der Waals surface area contributed by atoms with Gasteiger partial charge in [0.15, 0.2) is 5.78 Å². The number of rotatable bonds is 8. The van der Waals surface area contributed by atoms with Crippen molar-refractivity contribution in [2.45, 2.75) is 57.2 Å². The molecule has 10 heteroatoms. The van der Waals surface area contributed by atoms with E-state index >= 15 is 0 Å². The van der Waals surface area contributed by atoms with E-state index in [1.54, 1.807) is 9.80 Å². The van der Waals surface area contributed by atoms with Crippen molar-refractivity contribution in [2.75, 3.05) is 57.3 Å². The normalized spacial score (nSPS) is 26.0. The van der Waals surface area contributed by atoms with E-state index in [-0.39, 0.29) is 48.1 Å². The first-order valence-electron chi connectivity index (χ1n) is 14.1. The number of carbonyl (C=O) groups excluding carboxylic acids is 4. The number of Topliss-reactive ketones (excluding diaryl/α,β-unsaturated/α-hetero) is 1. The number of nitrogens with zero attached hydrogens (tertiary/aromatic N) is 3. The van der Waals surface area contributed by atoms with Gasteiger partial charge in [0.05, 0.1) is 18.6 Å². The number of anilines is 1. The smallest absolute Gasteiger partial charge is 0.251 e. The van der Waals surface area contributed by atoms with E-state index in [4.69, 9.17) is 0 Å². The first kappa shape index (κ1) is 26.6. The van der Waals surface area contributed by atoms with Gasteiger partial charge >= 0.3 is 0 Å². The summed E-state index contributed by atoms with van der Waals surface area (Å²) in [5.74, 6) is -0.124. The Kier molecular flexibility index (Phi) is 8.28. The number of nitrogens with one attached hydrogen (secondary N) is 3. The fourth-order valence-electron chi connectivity index (χ4n) is 6.28. The predicted octanol–water partition coefficient (Wildman–Crippen LogP) is 0.375. The summed E-state index contributed by atoms with van der Waals surface area (Å²) >= 11 is 0. The van der Waals surface area contributed by atoms with Gasteiger partial charge in [0.1, 0.15) is 6.04 Å². The molecule has 1 aromatic rings. The number of hydrogen-bond donors (Lipinski definition) is 3. The third kappa shape index (κ3) is 5.71. The molecule has 10 nitrogen and oxygen atoms in total. The number of carbonyl (C=O) groups is 4. The second-order valence-corrected chi connectivity index (χ2v) is 11.1. The van der Waals surface area contributed by atoms with Crippen LogP contribution in [0.3, 0.4) is 0 Å². The molecule has 5 rings (SSSR count). The molecular weight excluding hydrogens is 484 g/mol. The highest BCUT2D eigenvalue weighted by Crippen LogP contribution is 2.32. The topological polar surface area (TPSA) is 114 Å². The lowest BCUT2D eigenvalue weighted by molar-refractivity contribution is -0.137. The van der Waals surface area contributed by atoms with Gasteiger partial charge in [-0.2, -0.15) is 0 Å². The van der Waals surface area contributed by atoms with Crippen molar-refractivity contribution in [2.24, 2.45) is 5.92 Å². The van der Waals surface area contributed by atoms with Gasteiger partial charge in [-0.05, 0) is 62.4 Å². The summed E-state index contributed by atoms with van der Waals surface area (Å²) in [6.07, 6.45) is 3.42. The predicted molar refractivity (Wildman–Crippen MR) is 144 cm³/mol. The number of ketones is 1. The monoisotopic (exact) mass is 524 g/mol. The highest BCUT2D eigenvalue weighted by molar-refractivity contribution is 5.98. The molecule has 206 valence electrons. The zero-order valence-corrected chi connectivity index (χ0v) is 22.3. The van der Waals surface area contributed by atoms with Crippen molar-refractivity contribution < 1.29 is 19.2 Å². The Hall–Kier alpha value is -2.98. The lowest BCUT2D eigenvalue weighted by Crippen LogP contribution is -2.47. The minimum absolute atomic E-state index is 0.000179. The Morgan fingerprint density at radius 3 is 2.50 bits per heavy atom. The van der Waals surface area contributed by atoms with Gasteiger partial charge in [-0.1, -0.05) is 6.92 Å². The average Bonchev–Trinajstić information content (AvgIpc) is 3.68. The Morgan fingerprint density at radius 1 is 1.03 bits per heavy atom. The highest BCUT2D eigenvalue weighted by atomic mass is 16.2. The van der Waals surface area contributed by atoms with E-state index < -0.39 is 6.04 Å². The van der Waals surface area contributed by atoms with E-state index in [0.29, 0.717) is 37.9 Å². The SMILES string of the molecule is CC(CCNC(=O)c1ccc(N2CCNCC2)cc1)CC(=O)N1CCC2C1C(=O)CN2C(=O)C1CCCN1. The minimum atomic E-state index is -0.510. The Morgan fingerprint density at radius 2 is 1.79 bits per heavy atom. The first-order chi connectivity index (χ1) is 18.4. The highest BCUT2D eigenvalue weighted by Gasteiger charge is 2.52. The number of fused-ring (bicyclic) bond motifs is 1. The van der Waals surface area contributed by atoms with Crippen LogP contribution < -0.4 is 20.9 Å². The van der Waals surface area contributed by atoms with E-state index in [1.807, 2.05) is 31.2 Å². The molecule has 4 unspecified atom stereocenters. The van der Waals surface area contributed by atoms with Gasteiger partial charge in [0.25, 0.3) is 5.91 Å². The molecule has 3 N–H and O–H groups in total. The lowest BCUT2D eigenvalue weighted by Gasteiger charge is -2.29. The second kappa shape index (κ2) is 11.8. The minimum Gasteiger partial charge on any atom is -0.369 e. The third-order valence-corrected chi connectivity index (χ3v) is 8.44. The first-order valence-corrected chi connectivity index (χ1v) is 14.1. The summed E-state index contributed by atoms with van der Waals surface area (Å²) in [6, 6.07) is 6.80. The molecule has 4 heterocycles. The van der Waals surface area contributed by atoms with Crippen molar-refractivity contribution in [1.82, 2.24) is 25.8 Å². The van der Waals surface area contributed by atoms with Crippen molar-refractivity contribution in [3.05, 3.63) is 29.8 Å². The van der Waals surface area contributed by atoms with Gasteiger partial charge in [-0.15, -0.1) is 0 Å². The van der Waals surface area contributed by atoms with Crippen LogP contribution in [0.1, 0.15) is 49.4 Å². The Balaban J connectivity index is 1.06. The van der Waals surface area contributed by atoms with E-state index in [2.05, 4.69) is 20.9 Å². The zero-order chi connectivity index (χ0) is 26.6. The van der Waals surface area contributed by atoms with Crippen LogP contribution in [0.15, 0.2) is 24.3 Å². The van der Waals surface area contributed by atoms with Crippen LogP contribution in [-0.4, -0.2) is 104 Å². The summed E-state index contributed by atoms with van der Waals surface area (Å²) < 4.78 is 0. The average molecular weight is 525 g/mol. The molecule has 4 fully saturated rings. The number of likely N-dealkylation sites (tertiary alicyclic amines) is 2. The van der Waals surface area contributed by atoms with Crippen LogP contribution in [0.4, 0.5) is 5.69 Å². The van der Waals surface area contributed by atoms with Gasteiger partial charge in [-0.25, -0.2) is 0 Å². The number of benzene rings is 1. The molecule has 4 aliphatic rings. The summed E-state index contributed by atoms with van der Waals surface area (Å²) in [6.45, 7) is 7.78. The third-order valence-electron chi connectivity index (χ3n) is 8.44. The number of hydrogen-bond acceptors (Lipinski definition) is 7. The fourth-order valence-corrected chi connectivity index (χ4v) is 6.28. The Labute approximate surface area is 224 Å². The van der Waals surface area contributed by atoms with Crippen LogP contribution in [0.5, 0.6) is 0 Å². The maximum absolute atomic E-state index is 13.1. The van der Waals surface area contributed by atoms with Crippen LogP contribution in [-0.2, 0) is 14.4 Å². The number of piperazine rings is 1. The second-order valence-electron chi connectivity index (χ2n) is 11.1. The van der Waals surface area contributed by atoms with Crippen molar-refractivity contribution in [1.29, 1.82) is 0 Å². The van der Waals surface area contributed by atoms with Crippen molar-refractivity contribution in [3.63, 3.8) is 0 Å². The maximum atomic E-state index is 13.1. The van der Waals surface area contributed by atoms with Crippen LogP contribution in [0, 0.1) is 5.92 Å². The molecule has 38 heavy (non-hydrogen) atoms. The van der Waals surface area contributed by atoms with Crippen molar-refractivity contribution >= 4 is 29.2 Å². The van der Waals surface area contributed by atoms with Gasteiger partial charge in [0, 0.05) is 56.9 Å². The molecule has 4 aliphatic heterocycles. The number of amides is 3. The molecular formula is C28H40N6O4. The lowest BCUT2D eigenvalue weighted by atomic mass is 10.0. The molecule has 0 radical (unpaired) electrons. The summed E-state index contributed by atoms with van der Waals surface area (Å²) in [7, 11) is 0. The molecule has 0 aliphatic carbocycles.